The molecule has 1 N–H and O–H groups in total. The molecule has 1 heterocycles. The van der Waals surface area contributed by atoms with E-state index in [1.807, 2.05) is 18.2 Å². The Balaban J connectivity index is 1.44. The molecule has 204 valence electrons. The van der Waals surface area contributed by atoms with Crippen molar-refractivity contribution in [3.63, 3.8) is 0 Å². The molecule has 40 heavy (non-hydrogen) atoms. The quantitative estimate of drug-likeness (QED) is 0.265. The minimum atomic E-state index is -4.23. The number of carbonyl (C=O) groups excluding carboxylic acids is 1. The first kappa shape index (κ1) is 26.1. The second-order valence-corrected chi connectivity index (χ2v) is 12.6. The predicted molar refractivity (Wildman–Crippen MR) is 152 cm³/mol. The van der Waals surface area contributed by atoms with Crippen molar-refractivity contribution in [2.24, 2.45) is 5.41 Å². The molecule has 1 aliphatic heterocycles. The summed E-state index contributed by atoms with van der Waals surface area (Å²) in [6.45, 7) is 4.24. The Labute approximate surface area is 232 Å². The summed E-state index contributed by atoms with van der Waals surface area (Å²) < 4.78 is 49.9. The van der Waals surface area contributed by atoms with Crippen LogP contribution in [0.5, 0.6) is 11.5 Å². The van der Waals surface area contributed by atoms with E-state index in [0.717, 1.165) is 69.4 Å². The maximum Gasteiger partial charge on any atom is 0.339 e. The van der Waals surface area contributed by atoms with Crippen LogP contribution in [0.3, 0.4) is 0 Å². The summed E-state index contributed by atoms with van der Waals surface area (Å²) in [5.74, 6) is -0.284. The smallest absolute Gasteiger partial charge is 0.339 e. The van der Waals surface area contributed by atoms with Crippen molar-refractivity contribution in [2.75, 3.05) is 12.4 Å². The van der Waals surface area contributed by atoms with E-state index in [0.29, 0.717) is 6.42 Å². The first-order valence-electron chi connectivity index (χ1n) is 13.0. The molecule has 4 aromatic rings. The molecule has 0 saturated heterocycles. The first-order valence-corrected chi connectivity index (χ1v) is 14.4. The van der Waals surface area contributed by atoms with E-state index in [9.17, 15) is 17.6 Å². The molecule has 6 rings (SSSR count). The van der Waals surface area contributed by atoms with Crippen LogP contribution in [0, 0.1) is 11.2 Å². The van der Waals surface area contributed by atoms with Crippen LogP contribution < -0.4 is 14.2 Å². The Hall–Kier alpha value is -4.17. The van der Waals surface area contributed by atoms with Crippen LogP contribution in [0.4, 0.5) is 10.1 Å². The number of halogens is 1. The Kier molecular flexibility index (Phi) is 6.18. The van der Waals surface area contributed by atoms with Crippen molar-refractivity contribution in [3.8, 4) is 11.5 Å². The van der Waals surface area contributed by atoms with Gasteiger partial charge in [-0.2, -0.15) is 8.42 Å². The van der Waals surface area contributed by atoms with E-state index in [4.69, 9.17) is 8.92 Å². The van der Waals surface area contributed by atoms with Crippen LogP contribution in [0.1, 0.15) is 43.9 Å². The fraction of sp³-hybridized carbons (Fsp3) is 0.219. The predicted octanol–water partition coefficient (Wildman–Crippen LogP) is 7.06. The zero-order chi connectivity index (χ0) is 28.2. The van der Waals surface area contributed by atoms with Gasteiger partial charge in [0.2, 0.25) is 0 Å². The van der Waals surface area contributed by atoms with Crippen molar-refractivity contribution < 1.29 is 26.5 Å². The molecule has 6 nitrogen and oxygen atoms in total. The standard InChI is InChI=1S/C32H28FNO5S/c1-32(2)17-24-29-23-7-5-4-6-19(23)8-14-25(29)34-31(30(24)26(35)18-32)20-9-15-27(28(16-20)38-3)39-40(36,37)22-12-10-21(33)11-13-22/h4-16,31,34H,17-18H2,1-3H3/t31-/m1/s1. The number of hydrogen-bond acceptors (Lipinski definition) is 6. The Morgan fingerprint density at radius 1 is 0.925 bits per heavy atom. The highest BCUT2D eigenvalue weighted by atomic mass is 32.2. The van der Waals surface area contributed by atoms with Crippen molar-refractivity contribution in [2.45, 2.75) is 37.6 Å². The number of Topliss-reactive ketones (excluding diaryl/α,β-unsaturated/α-hetero) is 1. The van der Waals surface area contributed by atoms with Gasteiger partial charge in [-0.05, 0) is 76.2 Å². The Bertz CT molecular complexity index is 1810. The number of fused-ring (bicyclic) bond motifs is 4. The fourth-order valence-electron chi connectivity index (χ4n) is 5.79. The number of allylic oxidation sites excluding steroid dienone is 1. The average molecular weight is 558 g/mol. The van der Waals surface area contributed by atoms with E-state index >= 15 is 0 Å². The maximum atomic E-state index is 13.7. The van der Waals surface area contributed by atoms with Gasteiger partial charge in [-0.25, -0.2) is 4.39 Å². The first-order chi connectivity index (χ1) is 19.1. The fourth-order valence-corrected chi connectivity index (χ4v) is 6.73. The summed E-state index contributed by atoms with van der Waals surface area (Å²) >= 11 is 0. The molecule has 2 aliphatic rings. The molecule has 0 radical (unpaired) electrons. The number of ketones is 1. The van der Waals surface area contributed by atoms with E-state index in [1.165, 1.54) is 13.2 Å². The number of anilines is 1. The van der Waals surface area contributed by atoms with Gasteiger partial charge in [0.1, 0.15) is 10.7 Å². The van der Waals surface area contributed by atoms with Gasteiger partial charge >= 0.3 is 10.1 Å². The lowest BCUT2D eigenvalue weighted by atomic mass is 9.68. The molecule has 1 atom stereocenters. The lowest BCUT2D eigenvalue weighted by Gasteiger charge is -2.40. The zero-order valence-electron chi connectivity index (χ0n) is 22.3. The highest BCUT2D eigenvalue weighted by molar-refractivity contribution is 7.87. The largest absolute Gasteiger partial charge is 0.493 e. The molecular formula is C32H28FNO5S. The van der Waals surface area contributed by atoms with Gasteiger partial charge < -0.3 is 14.2 Å². The highest BCUT2D eigenvalue weighted by Crippen LogP contribution is 2.52. The number of rotatable bonds is 5. The molecule has 0 unspecified atom stereocenters. The normalized spacial score (nSPS) is 18.1. The third kappa shape index (κ3) is 4.52. The molecule has 0 saturated carbocycles. The van der Waals surface area contributed by atoms with Crippen LogP contribution in [0.15, 0.2) is 89.3 Å². The van der Waals surface area contributed by atoms with Gasteiger partial charge in [0.05, 0.1) is 13.2 Å². The van der Waals surface area contributed by atoms with Gasteiger partial charge in [-0.15, -0.1) is 0 Å². The van der Waals surface area contributed by atoms with Crippen LogP contribution in [0.25, 0.3) is 16.3 Å². The van der Waals surface area contributed by atoms with E-state index < -0.39 is 22.0 Å². The summed E-state index contributed by atoms with van der Waals surface area (Å²) in [4.78, 5) is 13.5. The number of benzene rings is 4. The van der Waals surface area contributed by atoms with Gasteiger partial charge in [-0.3, -0.25) is 4.79 Å². The minimum Gasteiger partial charge on any atom is -0.493 e. The molecule has 0 bridgehead atoms. The number of carbonyl (C=O) groups is 1. The molecular weight excluding hydrogens is 529 g/mol. The third-order valence-corrected chi connectivity index (χ3v) is 8.81. The second-order valence-electron chi connectivity index (χ2n) is 11.0. The Morgan fingerprint density at radius 2 is 1.68 bits per heavy atom. The van der Waals surface area contributed by atoms with Crippen molar-refractivity contribution in [3.05, 3.63) is 101 Å². The van der Waals surface area contributed by atoms with Crippen LogP contribution >= 0.6 is 0 Å². The number of nitrogens with one attached hydrogen (secondary N) is 1. The molecule has 8 heteroatoms. The van der Waals surface area contributed by atoms with Crippen molar-refractivity contribution in [1.29, 1.82) is 0 Å². The average Bonchev–Trinajstić information content (AvgIpc) is 2.92. The summed E-state index contributed by atoms with van der Waals surface area (Å²) in [5.41, 5.74) is 4.31. The SMILES string of the molecule is COc1cc([C@H]2Nc3ccc4ccccc4c3C3=C2C(=O)CC(C)(C)C3)ccc1OS(=O)(=O)c1ccc(F)cc1. The van der Waals surface area contributed by atoms with Gasteiger partial charge in [0, 0.05) is 23.2 Å². The van der Waals surface area contributed by atoms with Gasteiger partial charge in [0.15, 0.2) is 17.3 Å². The lowest BCUT2D eigenvalue weighted by Crippen LogP contribution is -2.33. The number of hydrogen-bond donors (Lipinski definition) is 1. The molecule has 0 spiro atoms. The third-order valence-electron chi connectivity index (χ3n) is 7.56. The van der Waals surface area contributed by atoms with E-state index in [-0.39, 0.29) is 27.6 Å². The monoisotopic (exact) mass is 557 g/mol. The summed E-state index contributed by atoms with van der Waals surface area (Å²) in [5, 5.41) is 5.78. The topological polar surface area (TPSA) is 81.7 Å². The summed E-state index contributed by atoms with van der Waals surface area (Å²) in [6, 6.07) is 21.2. The molecule has 4 aromatic carbocycles. The zero-order valence-corrected chi connectivity index (χ0v) is 23.1. The minimum absolute atomic E-state index is 0.0110. The lowest BCUT2D eigenvalue weighted by molar-refractivity contribution is -0.118. The molecule has 0 fully saturated rings. The van der Waals surface area contributed by atoms with Crippen LogP contribution in [-0.4, -0.2) is 21.3 Å². The van der Waals surface area contributed by atoms with Crippen molar-refractivity contribution >= 4 is 37.9 Å². The molecule has 0 aromatic heterocycles. The van der Waals surface area contributed by atoms with Crippen LogP contribution in [0.2, 0.25) is 0 Å². The van der Waals surface area contributed by atoms with E-state index in [1.54, 1.807) is 12.1 Å². The maximum absolute atomic E-state index is 13.7. The van der Waals surface area contributed by atoms with E-state index in [2.05, 4.69) is 37.4 Å². The second kappa shape index (κ2) is 9.48. The van der Waals surface area contributed by atoms with Gasteiger partial charge in [-0.1, -0.05) is 50.2 Å². The number of methoxy groups -OCH3 is 1. The highest BCUT2D eigenvalue weighted by Gasteiger charge is 2.41. The summed E-state index contributed by atoms with van der Waals surface area (Å²) in [7, 11) is -2.81. The molecule has 1 aliphatic carbocycles. The Morgan fingerprint density at radius 3 is 2.42 bits per heavy atom. The summed E-state index contributed by atoms with van der Waals surface area (Å²) in [6.07, 6.45) is 1.18. The molecule has 0 amide bonds. The van der Waals surface area contributed by atoms with Gasteiger partial charge in [0.25, 0.3) is 0 Å². The van der Waals surface area contributed by atoms with Crippen molar-refractivity contribution in [1.82, 2.24) is 0 Å². The van der Waals surface area contributed by atoms with Crippen LogP contribution in [-0.2, 0) is 14.9 Å². The number of ether oxygens (including phenoxy) is 1.